The van der Waals surface area contributed by atoms with Crippen LogP contribution in [0.3, 0.4) is 0 Å². The molecule has 8 heteroatoms. The zero-order chi connectivity index (χ0) is 7.15. The fourth-order valence-electron chi connectivity index (χ4n) is 0. The van der Waals surface area contributed by atoms with Crippen LogP contribution in [0.4, 0.5) is 13.2 Å². The van der Waals surface area contributed by atoms with Crippen LogP contribution in [0.2, 0.25) is 0 Å². The molecule has 0 aromatic carbocycles. The van der Waals surface area contributed by atoms with Crippen LogP contribution in [-0.4, -0.2) is 20.0 Å². The molecule has 0 radical (unpaired) electrons. The van der Waals surface area contributed by atoms with Crippen LogP contribution in [0.1, 0.15) is 0 Å². The molecule has 0 aliphatic carbocycles. The van der Waals surface area contributed by atoms with Gasteiger partial charge in [0.1, 0.15) is 0 Å². The summed E-state index contributed by atoms with van der Waals surface area (Å²) in [5, 5.41) is 0. The summed E-state index contributed by atoms with van der Waals surface area (Å²) in [5.74, 6) is 0. The minimum absolute atomic E-state index is 0. The molecule has 0 rings (SSSR count). The average Bonchev–Trinajstić information content (AvgIpc) is 1.25. The predicted octanol–water partition coefficient (Wildman–Crippen LogP) is 0.514. The van der Waals surface area contributed by atoms with Crippen LogP contribution in [0.15, 0.2) is 0 Å². The summed E-state index contributed by atoms with van der Waals surface area (Å²) in [4.78, 5) is 0. The predicted molar refractivity (Wildman–Crippen MR) is 18.7 cm³/mol. The van der Waals surface area contributed by atoms with E-state index in [4.69, 9.17) is 13.3 Å². The Morgan fingerprint density at radius 1 is 1.44 bits per heavy atom. The van der Waals surface area contributed by atoms with E-state index in [1.807, 2.05) is 0 Å². The minimum Gasteiger partial charge on any atom is -0.750 e. The standard InChI is InChI=1S/CHF3.Ag.H2O3S/c2-1(3)4;;1-4(2)3/h1H;;(H2,1,2,3)/q;+1;/p-1. The summed E-state index contributed by atoms with van der Waals surface area (Å²) >= 11 is -2.86. The molecule has 0 saturated carbocycles. The molecule has 1 N–H and O–H groups in total. The van der Waals surface area contributed by atoms with Gasteiger partial charge in [-0.15, -0.1) is 0 Å². The van der Waals surface area contributed by atoms with Gasteiger partial charge >= 0.3 is 29.1 Å². The van der Waals surface area contributed by atoms with Crippen molar-refractivity contribution in [3.63, 3.8) is 0 Å². The number of halogens is 3. The molecular formula is CH2AgF3O3S. The van der Waals surface area contributed by atoms with Crippen molar-refractivity contribution in [1.29, 1.82) is 0 Å². The van der Waals surface area contributed by atoms with Crippen molar-refractivity contribution in [2.75, 3.05) is 0 Å². The second-order valence-corrected chi connectivity index (χ2v) is 0.899. The normalized spacial score (nSPS) is 10.9. The molecule has 9 heavy (non-hydrogen) atoms. The Balaban J connectivity index is -0.0000000720. The van der Waals surface area contributed by atoms with Crippen molar-refractivity contribution < 1.29 is 48.9 Å². The van der Waals surface area contributed by atoms with Gasteiger partial charge in [0.2, 0.25) is 0 Å². The number of hydrogen-bond donors (Lipinski definition) is 1. The summed E-state index contributed by atoms with van der Waals surface area (Å²) in [6.07, 6.45) is 0. The van der Waals surface area contributed by atoms with Crippen molar-refractivity contribution in [1.82, 2.24) is 0 Å². The van der Waals surface area contributed by atoms with Crippen molar-refractivity contribution in [3.8, 4) is 0 Å². The Bertz CT molecular complexity index is 63.3. The molecule has 62 valence electrons. The maximum atomic E-state index is 9.67. The van der Waals surface area contributed by atoms with Crippen LogP contribution in [0.25, 0.3) is 0 Å². The first-order chi connectivity index (χ1) is 3.46. The molecule has 0 aromatic heterocycles. The Morgan fingerprint density at radius 3 is 1.44 bits per heavy atom. The quantitative estimate of drug-likeness (QED) is 0.509. The fourth-order valence-corrected chi connectivity index (χ4v) is 0. The first-order valence-corrected chi connectivity index (χ1v) is 2.20. The van der Waals surface area contributed by atoms with Crippen LogP contribution in [-0.2, 0) is 33.7 Å². The van der Waals surface area contributed by atoms with Crippen LogP contribution in [0.5, 0.6) is 0 Å². The molecule has 0 spiro atoms. The SMILES string of the molecule is FC(F)F.O=S([O-])O.[Ag+]. The summed E-state index contributed by atoms with van der Waals surface area (Å²) in [7, 11) is 0. The first-order valence-electron chi connectivity index (χ1n) is 1.17. The van der Waals surface area contributed by atoms with E-state index in [-0.39, 0.29) is 22.4 Å². The summed E-state index contributed by atoms with van der Waals surface area (Å²) < 4.78 is 53.1. The van der Waals surface area contributed by atoms with Gasteiger partial charge in [-0.2, -0.15) is 13.2 Å². The van der Waals surface area contributed by atoms with Gasteiger partial charge < -0.3 is 9.11 Å². The second kappa shape index (κ2) is 11.4. The van der Waals surface area contributed by atoms with Crippen molar-refractivity contribution in [2.24, 2.45) is 0 Å². The molecule has 0 heterocycles. The molecule has 0 amide bonds. The van der Waals surface area contributed by atoms with Gasteiger partial charge in [0.15, 0.2) is 0 Å². The van der Waals surface area contributed by atoms with Crippen LogP contribution < -0.4 is 0 Å². The van der Waals surface area contributed by atoms with Gasteiger partial charge in [-0.1, -0.05) is 0 Å². The van der Waals surface area contributed by atoms with E-state index >= 15 is 0 Å². The van der Waals surface area contributed by atoms with Crippen molar-refractivity contribution in [2.45, 2.75) is 6.68 Å². The van der Waals surface area contributed by atoms with Crippen molar-refractivity contribution in [3.05, 3.63) is 0 Å². The molecular weight excluding hydrogens is 257 g/mol. The Hall–Kier alpha value is 0.600. The van der Waals surface area contributed by atoms with Crippen LogP contribution in [0, 0.1) is 0 Å². The number of alkyl halides is 3. The summed E-state index contributed by atoms with van der Waals surface area (Å²) in [5.41, 5.74) is 0. The van der Waals surface area contributed by atoms with E-state index in [9.17, 15) is 13.2 Å². The third kappa shape index (κ3) is 1040. The van der Waals surface area contributed by atoms with Gasteiger partial charge in [-0.05, 0) is 0 Å². The molecule has 0 bridgehead atoms. The zero-order valence-corrected chi connectivity index (χ0v) is 5.98. The van der Waals surface area contributed by atoms with E-state index in [2.05, 4.69) is 0 Å². The first kappa shape index (κ1) is 16.3. The topological polar surface area (TPSA) is 60.4 Å². The third-order valence-corrected chi connectivity index (χ3v) is 0. The van der Waals surface area contributed by atoms with E-state index < -0.39 is 18.0 Å². The molecule has 0 aliphatic heterocycles. The maximum Gasteiger partial charge on any atom is 1.00 e. The zero-order valence-electron chi connectivity index (χ0n) is 3.68. The van der Waals surface area contributed by atoms with E-state index in [1.165, 1.54) is 0 Å². The summed E-state index contributed by atoms with van der Waals surface area (Å²) in [6.45, 7) is -3.67. The van der Waals surface area contributed by atoms with Gasteiger partial charge in [-0.3, -0.25) is 0 Å². The van der Waals surface area contributed by atoms with Gasteiger partial charge in [0, 0.05) is 0 Å². The maximum absolute atomic E-state index is 9.67. The van der Waals surface area contributed by atoms with Crippen LogP contribution >= 0.6 is 0 Å². The van der Waals surface area contributed by atoms with Crippen molar-refractivity contribution >= 4 is 11.4 Å². The smallest absolute Gasteiger partial charge is 0.750 e. The molecule has 1 unspecified atom stereocenters. The van der Waals surface area contributed by atoms with Gasteiger partial charge in [0.05, 0.1) is 11.4 Å². The van der Waals surface area contributed by atoms with Gasteiger partial charge in [0.25, 0.3) is 0 Å². The fraction of sp³-hybridized carbons (Fsp3) is 1.00. The molecule has 0 fully saturated rings. The molecule has 1 atom stereocenters. The molecule has 0 saturated heterocycles. The Kier molecular flexibility index (Phi) is 20.7. The summed E-state index contributed by atoms with van der Waals surface area (Å²) in [6, 6.07) is 0. The van der Waals surface area contributed by atoms with E-state index in [0.29, 0.717) is 0 Å². The Morgan fingerprint density at radius 2 is 1.44 bits per heavy atom. The van der Waals surface area contributed by atoms with E-state index in [0.717, 1.165) is 0 Å². The minimum atomic E-state index is -3.67. The second-order valence-electron chi connectivity index (χ2n) is 0.465. The average molecular weight is 259 g/mol. The number of hydrogen-bond acceptors (Lipinski definition) is 2. The number of rotatable bonds is 0. The monoisotopic (exact) mass is 258 g/mol. The Labute approximate surface area is 67.3 Å². The molecule has 0 aromatic rings. The molecule has 3 nitrogen and oxygen atoms in total. The van der Waals surface area contributed by atoms with Gasteiger partial charge in [-0.25, -0.2) is 4.21 Å². The molecule has 0 aliphatic rings. The largest absolute Gasteiger partial charge is 1.00 e. The third-order valence-electron chi connectivity index (χ3n) is 0. The van der Waals surface area contributed by atoms with E-state index in [1.54, 1.807) is 0 Å².